The van der Waals surface area contributed by atoms with Crippen LogP contribution in [0.5, 0.6) is 0 Å². The lowest BCUT2D eigenvalue weighted by Crippen LogP contribution is -2.35. The van der Waals surface area contributed by atoms with Gasteiger partial charge in [-0.15, -0.1) is 0 Å². The minimum absolute atomic E-state index is 0.603. The van der Waals surface area contributed by atoms with Gasteiger partial charge in [0.25, 0.3) is 0 Å². The highest BCUT2D eigenvalue weighted by Crippen LogP contribution is 2.30. The summed E-state index contributed by atoms with van der Waals surface area (Å²) in [6.07, 6.45) is 7.07. The van der Waals surface area contributed by atoms with Gasteiger partial charge in [0.15, 0.2) is 0 Å². The first-order chi connectivity index (χ1) is 7.13. The number of unbranched alkanes of at least 4 members (excludes halogenated alkanes) is 2. The Kier molecular flexibility index (Phi) is 4.49. The summed E-state index contributed by atoms with van der Waals surface area (Å²) >= 11 is 0. The summed E-state index contributed by atoms with van der Waals surface area (Å²) in [6.45, 7) is 6.76. The quantitative estimate of drug-likeness (QED) is 0.642. The van der Waals surface area contributed by atoms with Gasteiger partial charge < -0.3 is 9.80 Å². The van der Waals surface area contributed by atoms with Gasteiger partial charge >= 0.3 is 0 Å². The summed E-state index contributed by atoms with van der Waals surface area (Å²) in [5.74, 6) is 0. The van der Waals surface area contributed by atoms with E-state index in [2.05, 4.69) is 44.7 Å². The van der Waals surface area contributed by atoms with Crippen LogP contribution in [0.2, 0.25) is 0 Å². The van der Waals surface area contributed by atoms with Crippen LogP contribution in [0.25, 0.3) is 0 Å². The molecule has 0 saturated carbocycles. The number of hydrogen-bond acceptors (Lipinski definition) is 2. The number of nitrogens with zero attached hydrogens (tertiary/aromatic N) is 2. The van der Waals surface area contributed by atoms with Crippen molar-refractivity contribution < 1.29 is 0 Å². The van der Waals surface area contributed by atoms with E-state index in [4.69, 9.17) is 0 Å². The first-order valence-electron chi connectivity index (χ1n) is 6.28. The lowest BCUT2D eigenvalue weighted by Gasteiger charge is -2.29. The van der Waals surface area contributed by atoms with Crippen molar-refractivity contribution >= 4 is 0 Å². The van der Waals surface area contributed by atoms with Crippen molar-refractivity contribution in [3.63, 3.8) is 0 Å². The van der Waals surface area contributed by atoms with Crippen LogP contribution in [0, 0.1) is 0 Å². The standard InChI is InChI=1S/C13H26N2/c1-6-8-9-10-13-14(4)11(3)12(7-2)15(13)5/h13H,6-10H2,1-5H3. The maximum Gasteiger partial charge on any atom is 0.100 e. The normalized spacial score (nSPS) is 21.8. The monoisotopic (exact) mass is 210 g/mol. The molecule has 1 aliphatic rings. The van der Waals surface area contributed by atoms with E-state index < -0.39 is 0 Å². The molecule has 1 aliphatic heterocycles. The maximum absolute atomic E-state index is 2.46. The molecule has 0 aliphatic carbocycles. The van der Waals surface area contributed by atoms with Crippen molar-refractivity contribution in [3.8, 4) is 0 Å². The minimum Gasteiger partial charge on any atom is -0.356 e. The van der Waals surface area contributed by atoms with Crippen LogP contribution in [0.1, 0.15) is 52.9 Å². The van der Waals surface area contributed by atoms with Gasteiger partial charge in [-0.2, -0.15) is 0 Å². The molecule has 0 spiro atoms. The van der Waals surface area contributed by atoms with Gasteiger partial charge in [-0.05, 0) is 26.2 Å². The zero-order valence-electron chi connectivity index (χ0n) is 11.0. The summed E-state index contributed by atoms with van der Waals surface area (Å²) in [4.78, 5) is 4.90. The SMILES string of the molecule is CCCCCC1N(C)C(C)=C(CC)N1C. The highest BCUT2D eigenvalue weighted by Gasteiger charge is 2.29. The molecule has 0 fully saturated rings. The number of allylic oxidation sites excluding steroid dienone is 2. The maximum atomic E-state index is 2.46. The Bertz CT molecular complexity index is 233. The summed E-state index contributed by atoms with van der Waals surface area (Å²) in [6, 6.07) is 0. The van der Waals surface area contributed by atoms with Crippen molar-refractivity contribution in [2.24, 2.45) is 0 Å². The smallest absolute Gasteiger partial charge is 0.100 e. The molecule has 1 unspecified atom stereocenters. The Morgan fingerprint density at radius 1 is 1.07 bits per heavy atom. The Hall–Kier alpha value is -0.660. The second-order valence-corrected chi connectivity index (χ2v) is 4.58. The molecular weight excluding hydrogens is 184 g/mol. The second-order valence-electron chi connectivity index (χ2n) is 4.58. The molecule has 2 heteroatoms. The van der Waals surface area contributed by atoms with E-state index >= 15 is 0 Å². The van der Waals surface area contributed by atoms with Crippen LogP contribution in [0.15, 0.2) is 11.4 Å². The minimum atomic E-state index is 0.603. The summed E-state index contributed by atoms with van der Waals surface area (Å²) in [7, 11) is 4.47. The first-order valence-corrected chi connectivity index (χ1v) is 6.28. The molecule has 0 bridgehead atoms. The van der Waals surface area contributed by atoms with Gasteiger partial charge in [0.2, 0.25) is 0 Å². The van der Waals surface area contributed by atoms with Gasteiger partial charge in [-0.1, -0.05) is 26.7 Å². The van der Waals surface area contributed by atoms with Crippen LogP contribution in [-0.4, -0.2) is 30.1 Å². The molecule has 0 aromatic rings. The molecule has 1 rings (SSSR count). The zero-order valence-corrected chi connectivity index (χ0v) is 11.0. The molecule has 1 heterocycles. The summed E-state index contributed by atoms with van der Waals surface area (Å²) in [5.41, 5.74) is 2.97. The highest BCUT2D eigenvalue weighted by atomic mass is 15.4. The van der Waals surface area contributed by atoms with Crippen molar-refractivity contribution in [2.45, 2.75) is 59.0 Å². The third kappa shape index (κ3) is 2.47. The molecule has 2 nitrogen and oxygen atoms in total. The predicted molar refractivity (Wildman–Crippen MR) is 66.4 cm³/mol. The molecule has 0 N–H and O–H groups in total. The fraction of sp³-hybridized carbons (Fsp3) is 0.846. The van der Waals surface area contributed by atoms with E-state index in [9.17, 15) is 0 Å². The fourth-order valence-electron chi connectivity index (χ4n) is 2.59. The number of rotatable bonds is 5. The molecular formula is C13H26N2. The van der Waals surface area contributed by atoms with E-state index in [0.717, 1.165) is 6.42 Å². The largest absolute Gasteiger partial charge is 0.356 e. The molecule has 88 valence electrons. The van der Waals surface area contributed by atoms with Crippen molar-refractivity contribution in [3.05, 3.63) is 11.4 Å². The van der Waals surface area contributed by atoms with Gasteiger partial charge in [0.05, 0.1) is 0 Å². The Morgan fingerprint density at radius 3 is 2.20 bits per heavy atom. The third-order valence-electron chi connectivity index (χ3n) is 3.67. The van der Waals surface area contributed by atoms with E-state index in [0.29, 0.717) is 6.17 Å². The van der Waals surface area contributed by atoms with Crippen LogP contribution < -0.4 is 0 Å². The molecule has 0 radical (unpaired) electrons. The highest BCUT2D eigenvalue weighted by molar-refractivity contribution is 5.16. The molecule has 1 atom stereocenters. The fourth-order valence-corrected chi connectivity index (χ4v) is 2.59. The lowest BCUT2D eigenvalue weighted by molar-refractivity contribution is 0.171. The van der Waals surface area contributed by atoms with Crippen molar-refractivity contribution in [2.75, 3.05) is 14.1 Å². The van der Waals surface area contributed by atoms with Gasteiger partial charge in [-0.25, -0.2) is 0 Å². The second kappa shape index (κ2) is 5.43. The number of hydrogen-bond donors (Lipinski definition) is 0. The van der Waals surface area contributed by atoms with Gasteiger partial charge in [0, 0.05) is 25.5 Å². The molecule has 15 heavy (non-hydrogen) atoms. The molecule has 0 aromatic heterocycles. The van der Waals surface area contributed by atoms with E-state index in [-0.39, 0.29) is 0 Å². The summed E-state index contributed by atoms with van der Waals surface area (Å²) in [5, 5.41) is 0. The molecule has 0 amide bonds. The lowest BCUT2D eigenvalue weighted by atomic mass is 10.1. The van der Waals surface area contributed by atoms with Crippen LogP contribution in [0.4, 0.5) is 0 Å². The summed E-state index contributed by atoms with van der Waals surface area (Å²) < 4.78 is 0. The predicted octanol–water partition coefficient (Wildman–Crippen LogP) is 3.41. The average Bonchev–Trinajstić information content (AvgIpc) is 2.42. The van der Waals surface area contributed by atoms with E-state index in [1.165, 1.54) is 37.1 Å². The van der Waals surface area contributed by atoms with Crippen molar-refractivity contribution in [1.29, 1.82) is 0 Å². The first kappa shape index (κ1) is 12.4. The molecule has 0 aromatic carbocycles. The van der Waals surface area contributed by atoms with Crippen LogP contribution in [-0.2, 0) is 0 Å². The van der Waals surface area contributed by atoms with Crippen LogP contribution >= 0.6 is 0 Å². The van der Waals surface area contributed by atoms with Gasteiger partial charge in [-0.3, -0.25) is 0 Å². The molecule has 0 saturated heterocycles. The Labute approximate surface area is 94.9 Å². The van der Waals surface area contributed by atoms with Crippen molar-refractivity contribution in [1.82, 2.24) is 9.80 Å². The van der Waals surface area contributed by atoms with Crippen LogP contribution in [0.3, 0.4) is 0 Å². The Morgan fingerprint density at radius 2 is 1.73 bits per heavy atom. The topological polar surface area (TPSA) is 6.48 Å². The zero-order chi connectivity index (χ0) is 11.4. The average molecular weight is 210 g/mol. The van der Waals surface area contributed by atoms with E-state index in [1.54, 1.807) is 0 Å². The Balaban J connectivity index is 2.56. The van der Waals surface area contributed by atoms with Gasteiger partial charge in [0.1, 0.15) is 6.17 Å². The third-order valence-corrected chi connectivity index (χ3v) is 3.67. The van der Waals surface area contributed by atoms with E-state index in [1.807, 2.05) is 0 Å².